The fourth-order valence-corrected chi connectivity index (χ4v) is 4.71. The van der Waals surface area contributed by atoms with E-state index in [1.165, 1.54) is 12.0 Å². The lowest BCUT2D eigenvalue weighted by atomic mass is 9.97. The van der Waals surface area contributed by atoms with Crippen LogP contribution in [0, 0.1) is 5.92 Å². The van der Waals surface area contributed by atoms with Gasteiger partial charge in [-0.3, -0.25) is 4.79 Å². The molecular weight excluding hydrogens is 364 g/mol. The number of aliphatic hydroxyl groups excluding tert-OH is 1. The molecule has 5 rings (SSSR count). The van der Waals surface area contributed by atoms with E-state index in [4.69, 9.17) is 4.74 Å². The van der Waals surface area contributed by atoms with Crippen molar-refractivity contribution in [2.24, 2.45) is 5.92 Å². The number of likely N-dealkylation sites (tertiary alicyclic amines) is 1. The van der Waals surface area contributed by atoms with Gasteiger partial charge in [-0.15, -0.1) is 0 Å². The number of carbonyl (C=O) groups excluding carboxylic acids is 1. The quantitative estimate of drug-likeness (QED) is 0.787. The highest BCUT2D eigenvalue weighted by Gasteiger charge is 2.32. The maximum atomic E-state index is 12.6. The first-order valence-corrected chi connectivity index (χ1v) is 10.5. The van der Waals surface area contributed by atoms with Gasteiger partial charge in [0.2, 0.25) is 0 Å². The summed E-state index contributed by atoms with van der Waals surface area (Å²) in [4.78, 5) is 15.0. The first-order valence-electron chi connectivity index (χ1n) is 10.5. The number of hydrogen-bond donors (Lipinski definition) is 2. The lowest BCUT2D eigenvalue weighted by molar-refractivity contribution is -0.110. The Morgan fingerprint density at radius 1 is 1.17 bits per heavy atom. The standard InChI is InChI=1S/C24H26N2O3/c27-14-17-4-3-10-26(13-17)11-9-16-7-8-19-18(12-16)15-29-23(19)22-20-5-1-2-6-21(20)25-24(22)28/h1-2,5-8,12,17,27H,3-4,9-11,13-15H2,(H,25,28)/b23-22+. The van der Waals surface area contributed by atoms with E-state index in [-0.39, 0.29) is 5.91 Å². The largest absolute Gasteiger partial charge is 0.487 e. The molecule has 2 aromatic carbocycles. The van der Waals surface area contributed by atoms with Gasteiger partial charge in [-0.05, 0) is 43.4 Å². The Labute approximate surface area is 171 Å². The average Bonchev–Trinajstić information content (AvgIpc) is 3.31. The molecule has 0 aromatic heterocycles. The first-order chi connectivity index (χ1) is 14.2. The maximum absolute atomic E-state index is 12.6. The average molecular weight is 390 g/mol. The van der Waals surface area contributed by atoms with Crippen molar-refractivity contribution in [3.8, 4) is 0 Å². The smallest absolute Gasteiger partial charge is 0.260 e. The Bertz CT molecular complexity index is 982. The van der Waals surface area contributed by atoms with Crippen LogP contribution >= 0.6 is 0 Å². The van der Waals surface area contributed by atoms with Crippen LogP contribution < -0.4 is 5.32 Å². The molecule has 0 radical (unpaired) electrons. The van der Waals surface area contributed by atoms with Gasteiger partial charge < -0.3 is 20.1 Å². The fraction of sp³-hybridized carbons (Fsp3) is 0.375. The molecule has 1 saturated heterocycles. The van der Waals surface area contributed by atoms with Crippen molar-refractivity contribution in [2.45, 2.75) is 25.9 Å². The Hall–Kier alpha value is -2.63. The number of amides is 1. The molecule has 0 spiro atoms. The van der Waals surface area contributed by atoms with E-state index < -0.39 is 0 Å². The highest BCUT2D eigenvalue weighted by atomic mass is 16.5. The summed E-state index contributed by atoms with van der Waals surface area (Å²) in [6, 6.07) is 14.2. The summed E-state index contributed by atoms with van der Waals surface area (Å²) in [6.45, 7) is 3.93. The highest BCUT2D eigenvalue weighted by Crippen LogP contribution is 2.41. The first kappa shape index (κ1) is 18.4. The molecule has 0 bridgehead atoms. The number of nitrogens with one attached hydrogen (secondary N) is 1. The van der Waals surface area contributed by atoms with Crippen molar-refractivity contribution in [3.05, 3.63) is 64.7 Å². The summed E-state index contributed by atoms with van der Waals surface area (Å²) < 4.78 is 5.99. The van der Waals surface area contributed by atoms with E-state index in [1.807, 2.05) is 24.3 Å². The SMILES string of the molecule is O=C1Nc2ccccc2/C1=C1\OCc2cc(CCN3CCCC(CO)C3)ccc21. The Morgan fingerprint density at radius 2 is 2.07 bits per heavy atom. The van der Waals surface area contributed by atoms with Gasteiger partial charge in [-0.2, -0.15) is 0 Å². The number of ether oxygens (including phenoxy) is 1. The van der Waals surface area contributed by atoms with Gasteiger partial charge >= 0.3 is 0 Å². The molecule has 3 aliphatic heterocycles. The predicted molar refractivity (Wildman–Crippen MR) is 113 cm³/mol. The minimum absolute atomic E-state index is 0.0957. The van der Waals surface area contributed by atoms with Gasteiger partial charge in [0, 0.05) is 42.1 Å². The molecule has 29 heavy (non-hydrogen) atoms. The number of benzene rings is 2. The van der Waals surface area contributed by atoms with E-state index in [0.717, 1.165) is 54.9 Å². The summed E-state index contributed by atoms with van der Waals surface area (Å²) in [5, 5.41) is 12.4. The van der Waals surface area contributed by atoms with Crippen molar-refractivity contribution in [2.75, 3.05) is 31.6 Å². The third-order valence-corrected chi connectivity index (χ3v) is 6.26. The zero-order valence-corrected chi connectivity index (χ0v) is 16.5. The number of piperidine rings is 1. The normalized spacial score (nSPS) is 23.5. The van der Waals surface area contributed by atoms with E-state index >= 15 is 0 Å². The molecule has 3 heterocycles. The summed E-state index contributed by atoms with van der Waals surface area (Å²) in [5.41, 5.74) is 5.85. The molecule has 2 N–H and O–H groups in total. The lowest BCUT2D eigenvalue weighted by Gasteiger charge is -2.31. The van der Waals surface area contributed by atoms with Gasteiger partial charge in [0.05, 0.1) is 5.57 Å². The molecule has 0 saturated carbocycles. The van der Waals surface area contributed by atoms with Crippen LogP contribution in [-0.2, 0) is 22.6 Å². The molecule has 0 aliphatic carbocycles. The second-order valence-electron chi connectivity index (χ2n) is 8.23. The zero-order chi connectivity index (χ0) is 19.8. The van der Waals surface area contributed by atoms with Crippen LogP contribution in [0.15, 0.2) is 42.5 Å². The van der Waals surface area contributed by atoms with Crippen LogP contribution in [0.5, 0.6) is 0 Å². The topological polar surface area (TPSA) is 61.8 Å². The van der Waals surface area contributed by atoms with Crippen LogP contribution in [-0.4, -0.2) is 42.2 Å². The molecule has 5 heteroatoms. The van der Waals surface area contributed by atoms with Crippen LogP contribution in [0.1, 0.15) is 35.1 Å². The molecular formula is C24H26N2O3. The van der Waals surface area contributed by atoms with Crippen molar-refractivity contribution >= 4 is 22.9 Å². The predicted octanol–water partition coefficient (Wildman–Crippen LogP) is 3.28. The van der Waals surface area contributed by atoms with Crippen molar-refractivity contribution < 1.29 is 14.6 Å². The molecule has 1 atom stereocenters. The number of carbonyl (C=O) groups is 1. The van der Waals surface area contributed by atoms with Crippen molar-refractivity contribution in [3.63, 3.8) is 0 Å². The third-order valence-electron chi connectivity index (χ3n) is 6.26. The lowest BCUT2D eigenvalue weighted by Crippen LogP contribution is -2.37. The number of para-hydroxylation sites is 1. The Balaban J connectivity index is 1.35. The van der Waals surface area contributed by atoms with Crippen molar-refractivity contribution in [1.82, 2.24) is 4.90 Å². The number of fused-ring (bicyclic) bond motifs is 2. The van der Waals surface area contributed by atoms with Gasteiger partial charge in [0.1, 0.15) is 12.4 Å². The summed E-state index contributed by atoms with van der Waals surface area (Å²) in [6.07, 6.45) is 3.29. The van der Waals surface area contributed by atoms with Crippen LogP contribution in [0.2, 0.25) is 0 Å². The third kappa shape index (κ3) is 3.45. The Morgan fingerprint density at radius 3 is 2.97 bits per heavy atom. The minimum Gasteiger partial charge on any atom is -0.487 e. The van der Waals surface area contributed by atoms with Gasteiger partial charge in [0.25, 0.3) is 5.91 Å². The molecule has 1 fully saturated rings. The summed E-state index contributed by atoms with van der Waals surface area (Å²) in [7, 11) is 0. The van der Waals surface area contributed by atoms with Gasteiger partial charge in [-0.1, -0.05) is 36.4 Å². The Kier molecular flexibility index (Phi) is 4.86. The van der Waals surface area contributed by atoms with Crippen LogP contribution in [0.3, 0.4) is 0 Å². The second kappa shape index (κ2) is 7.65. The van der Waals surface area contributed by atoms with Gasteiger partial charge in [0.15, 0.2) is 0 Å². The van der Waals surface area contributed by atoms with Gasteiger partial charge in [-0.25, -0.2) is 0 Å². The summed E-state index contributed by atoms with van der Waals surface area (Å²) in [5.74, 6) is 1.02. The second-order valence-corrected chi connectivity index (χ2v) is 8.23. The summed E-state index contributed by atoms with van der Waals surface area (Å²) >= 11 is 0. The number of aliphatic hydroxyl groups is 1. The molecule has 1 amide bonds. The molecule has 5 nitrogen and oxygen atoms in total. The van der Waals surface area contributed by atoms with Crippen LogP contribution in [0.4, 0.5) is 5.69 Å². The molecule has 2 aromatic rings. The van der Waals surface area contributed by atoms with E-state index in [9.17, 15) is 9.90 Å². The number of nitrogens with zero attached hydrogens (tertiary/aromatic N) is 1. The van der Waals surface area contributed by atoms with Crippen LogP contribution in [0.25, 0.3) is 11.3 Å². The molecule has 150 valence electrons. The van der Waals surface area contributed by atoms with Crippen molar-refractivity contribution in [1.29, 1.82) is 0 Å². The zero-order valence-electron chi connectivity index (χ0n) is 16.5. The maximum Gasteiger partial charge on any atom is 0.260 e. The number of hydrogen-bond acceptors (Lipinski definition) is 4. The van der Waals surface area contributed by atoms with E-state index in [1.54, 1.807) is 0 Å². The number of anilines is 1. The number of rotatable bonds is 4. The minimum atomic E-state index is -0.0957. The van der Waals surface area contributed by atoms with E-state index in [0.29, 0.717) is 30.5 Å². The van der Waals surface area contributed by atoms with E-state index in [2.05, 4.69) is 28.4 Å². The highest BCUT2D eigenvalue weighted by molar-refractivity contribution is 6.36. The molecule has 3 aliphatic rings. The fourth-order valence-electron chi connectivity index (χ4n) is 4.71. The molecule has 1 unspecified atom stereocenters. The monoisotopic (exact) mass is 390 g/mol.